The zero-order valence-electron chi connectivity index (χ0n) is 29.8. The Morgan fingerprint density at radius 2 is 1.73 bits per heavy atom. The van der Waals surface area contributed by atoms with E-state index in [9.17, 15) is 14.0 Å². The number of hydrogen-bond donors (Lipinski definition) is 0. The van der Waals surface area contributed by atoms with E-state index in [-0.39, 0.29) is 35.3 Å². The number of para-hydroxylation sites is 1. The maximum atomic E-state index is 14.8. The Morgan fingerprint density at radius 1 is 1.02 bits per heavy atom. The van der Waals surface area contributed by atoms with Crippen LogP contribution in [0.15, 0.2) is 54.9 Å². The van der Waals surface area contributed by atoms with Crippen LogP contribution in [0.1, 0.15) is 81.3 Å². The van der Waals surface area contributed by atoms with E-state index in [1.54, 1.807) is 38.7 Å². The van der Waals surface area contributed by atoms with Gasteiger partial charge in [0.05, 0.1) is 29.3 Å². The fourth-order valence-electron chi connectivity index (χ4n) is 6.99. The summed E-state index contributed by atoms with van der Waals surface area (Å²) in [4.78, 5) is 33.1. The molecule has 2 aliphatic rings. The van der Waals surface area contributed by atoms with E-state index in [1.165, 1.54) is 6.07 Å². The normalized spacial score (nSPS) is 19.8. The van der Waals surface area contributed by atoms with Crippen molar-refractivity contribution in [2.75, 3.05) is 19.6 Å². The summed E-state index contributed by atoms with van der Waals surface area (Å²) in [5.41, 5.74) is 4.30. The molecule has 4 aromatic rings. The number of piperazine rings is 1. The fourth-order valence-corrected chi connectivity index (χ4v) is 6.99. The number of aromatic nitrogens is 5. The molecule has 1 saturated heterocycles. The molecule has 12 heteroatoms. The summed E-state index contributed by atoms with van der Waals surface area (Å²) in [6.07, 6.45) is 3.97. The highest BCUT2D eigenvalue weighted by molar-refractivity contribution is 5.98. The van der Waals surface area contributed by atoms with Gasteiger partial charge in [-0.25, -0.2) is 18.5 Å². The molecule has 2 aromatic carbocycles. The van der Waals surface area contributed by atoms with E-state index >= 15 is 0 Å². The summed E-state index contributed by atoms with van der Waals surface area (Å²) in [5, 5.41) is 13.5. The van der Waals surface area contributed by atoms with Crippen LogP contribution in [0.2, 0.25) is 0 Å². The molecule has 0 aliphatic carbocycles. The average Bonchev–Trinajstić information content (AvgIpc) is 3.61. The number of fused-ring (bicyclic) bond motifs is 1. The highest BCUT2D eigenvalue weighted by atomic mass is 19.1. The maximum absolute atomic E-state index is 14.8. The maximum Gasteiger partial charge on any atom is 0.410 e. The van der Waals surface area contributed by atoms with Gasteiger partial charge in [0, 0.05) is 56.1 Å². The fraction of sp³-hybridized carbons (Fsp3) is 0.486. The summed E-state index contributed by atoms with van der Waals surface area (Å²) in [6, 6.07) is 12.5. The van der Waals surface area contributed by atoms with Gasteiger partial charge in [0.1, 0.15) is 17.1 Å². The molecule has 260 valence electrons. The third-order valence-electron chi connectivity index (χ3n) is 9.22. The molecule has 4 heterocycles. The van der Waals surface area contributed by atoms with Crippen LogP contribution in [0.25, 0.3) is 11.4 Å². The summed E-state index contributed by atoms with van der Waals surface area (Å²) in [5.74, 6) is -0.459. The molecule has 2 aromatic heterocycles. The van der Waals surface area contributed by atoms with Gasteiger partial charge < -0.3 is 14.5 Å². The van der Waals surface area contributed by atoms with Crippen molar-refractivity contribution in [3.63, 3.8) is 0 Å². The number of ether oxygens (including phenoxy) is 1. The van der Waals surface area contributed by atoms with Gasteiger partial charge in [-0.05, 0) is 83.2 Å². The Morgan fingerprint density at radius 3 is 2.43 bits per heavy atom. The average molecular weight is 671 g/mol. The van der Waals surface area contributed by atoms with E-state index < -0.39 is 5.60 Å². The largest absolute Gasteiger partial charge is 0.444 e. The van der Waals surface area contributed by atoms with Gasteiger partial charge in [-0.1, -0.05) is 37.3 Å². The lowest BCUT2D eigenvalue weighted by Crippen LogP contribution is -2.58. The lowest BCUT2D eigenvalue weighted by atomic mass is 9.87. The first-order chi connectivity index (χ1) is 23.1. The van der Waals surface area contributed by atoms with Crippen LogP contribution >= 0.6 is 0 Å². The molecule has 0 unspecified atom stereocenters. The molecule has 49 heavy (non-hydrogen) atoms. The van der Waals surface area contributed by atoms with E-state index in [4.69, 9.17) is 4.74 Å². The smallest absolute Gasteiger partial charge is 0.410 e. The van der Waals surface area contributed by atoms with Crippen molar-refractivity contribution in [1.82, 2.24) is 39.5 Å². The van der Waals surface area contributed by atoms with E-state index in [0.29, 0.717) is 56.1 Å². The molecule has 2 amide bonds. The van der Waals surface area contributed by atoms with Crippen LogP contribution in [0.3, 0.4) is 0 Å². The van der Waals surface area contributed by atoms with Crippen molar-refractivity contribution < 1.29 is 18.7 Å². The predicted molar refractivity (Wildman–Crippen MR) is 184 cm³/mol. The number of aryl methyl sites for hydroxylation is 1. The minimum absolute atomic E-state index is 0.0801. The number of nitrogens with zero attached hydrogens (tertiary/aromatic N) is 8. The Balaban J connectivity index is 1.22. The molecule has 0 N–H and O–H groups in total. The molecule has 0 saturated carbocycles. The number of amides is 2. The second-order valence-corrected chi connectivity index (χ2v) is 15.4. The molecule has 11 nitrogen and oxygen atoms in total. The SMILES string of the molecule is Cc1ccc(C(=O)N2Cc3cnn(-c4ccccc4F)c3CC(C)(C)C2)c(-n2cc(CN3[C@H](C)CN(C(=O)OC(C)(C)C)C[C@@H]3C)nn2)c1. The second kappa shape index (κ2) is 13.0. The van der Waals surface area contributed by atoms with Crippen molar-refractivity contribution in [3.05, 3.63) is 88.8 Å². The predicted octanol–water partition coefficient (Wildman–Crippen LogP) is 5.95. The van der Waals surface area contributed by atoms with Gasteiger partial charge in [-0.3, -0.25) is 9.69 Å². The zero-order valence-corrected chi connectivity index (χ0v) is 29.8. The first-order valence-electron chi connectivity index (χ1n) is 16.9. The Labute approximate surface area is 287 Å². The highest BCUT2D eigenvalue weighted by Gasteiger charge is 2.36. The van der Waals surface area contributed by atoms with Crippen LogP contribution in [0.4, 0.5) is 9.18 Å². The van der Waals surface area contributed by atoms with Crippen LogP contribution in [-0.2, 0) is 24.2 Å². The van der Waals surface area contributed by atoms with Crippen molar-refractivity contribution in [2.45, 2.75) is 92.6 Å². The number of halogens is 1. The van der Waals surface area contributed by atoms with Crippen LogP contribution in [0, 0.1) is 18.2 Å². The summed E-state index contributed by atoms with van der Waals surface area (Å²) < 4.78 is 23.8. The number of carbonyl (C=O) groups excluding carboxylic acids is 2. The van der Waals surface area contributed by atoms with Crippen molar-refractivity contribution >= 4 is 12.0 Å². The third-order valence-corrected chi connectivity index (χ3v) is 9.22. The van der Waals surface area contributed by atoms with Gasteiger partial charge >= 0.3 is 6.09 Å². The molecule has 0 spiro atoms. The standard InChI is InChI=1S/C37H47FN8O3/c1-24-13-14-29(34(47)43-20-27-17-39-46(31-12-10-9-11-30(31)38)33(27)16-37(7,8)23-43)32(15-24)45-22-28(40-41-45)21-44-25(2)18-42(19-26(44)3)35(48)49-36(4,5)6/h9-15,17,22,25-26H,16,18-21,23H2,1-8H3/t25-,26+. The van der Waals surface area contributed by atoms with E-state index in [1.807, 2.05) is 57.0 Å². The van der Waals surface area contributed by atoms with Crippen molar-refractivity contribution in [2.24, 2.45) is 5.41 Å². The number of carbonyl (C=O) groups is 2. The monoisotopic (exact) mass is 670 g/mol. The van der Waals surface area contributed by atoms with Crippen LogP contribution < -0.4 is 0 Å². The zero-order chi connectivity index (χ0) is 35.2. The lowest BCUT2D eigenvalue weighted by molar-refractivity contribution is -0.00997. The Kier molecular flexibility index (Phi) is 9.12. The quantitative estimate of drug-likeness (QED) is 0.259. The van der Waals surface area contributed by atoms with Gasteiger partial charge in [0.15, 0.2) is 0 Å². The van der Waals surface area contributed by atoms with Crippen molar-refractivity contribution in [1.29, 1.82) is 0 Å². The summed E-state index contributed by atoms with van der Waals surface area (Å²) in [6.45, 7) is 18.6. The van der Waals surface area contributed by atoms with Crippen LogP contribution in [0.5, 0.6) is 0 Å². The number of rotatable bonds is 5. The first-order valence-corrected chi connectivity index (χ1v) is 16.9. The van der Waals surface area contributed by atoms with Gasteiger partial charge in [0.2, 0.25) is 0 Å². The number of hydrogen-bond acceptors (Lipinski definition) is 7. The Bertz CT molecular complexity index is 1850. The number of benzene rings is 2. The Hall–Kier alpha value is -4.58. The minimum Gasteiger partial charge on any atom is -0.444 e. The molecule has 2 atom stereocenters. The highest BCUT2D eigenvalue weighted by Crippen LogP contribution is 2.33. The first kappa shape index (κ1) is 34.3. The third kappa shape index (κ3) is 7.39. The van der Waals surface area contributed by atoms with E-state index in [0.717, 1.165) is 22.5 Å². The molecule has 0 radical (unpaired) electrons. The molecular formula is C37H47FN8O3. The minimum atomic E-state index is -0.548. The molecule has 6 rings (SSSR count). The van der Waals surface area contributed by atoms with Crippen LogP contribution in [-0.4, -0.2) is 88.8 Å². The summed E-state index contributed by atoms with van der Waals surface area (Å²) >= 11 is 0. The molecular weight excluding hydrogens is 623 g/mol. The second-order valence-electron chi connectivity index (χ2n) is 15.4. The summed E-state index contributed by atoms with van der Waals surface area (Å²) in [7, 11) is 0. The van der Waals surface area contributed by atoms with Gasteiger partial charge in [0.25, 0.3) is 5.91 Å². The topological polar surface area (TPSA) is 102 Å². The lowest BCUT2D eigenvalue weighted by Gasteiger charge is -2.44. The van der Waals surface area contributed by atoms with Gasteiger partial charge in [-0.2, -0.15) is 5.10 Å². The molecule has 1 fully saturated rings. The molecule has 2 aliphatic heterocycles. The van der Waals surface area contributed by atoms with Gasteiger partial charge in [-0.15, -0.1) is 5.10 Å². The molecule has 0 bridgehead atoms. The van der Waals surface area contributed by atoms with Crippen molar-refractivity contribution in [3.8, 4) is 11.4 Å². The van der Waals surface area contributed by atoms with E-state index in [2.05, 4.69) is 48.0 Å².